The zero-order valence-corrected chi connectivity index (χ0v) is 13.2. The number of halogens is 2. The van der Waals surface area contributed by atoms with Crippen LogP contribution >= 0.6 is 15.9 Å². The Hall–Kier alpha value is -1.62. The Morgan fingerprint density at radius 3 is 2.71 bits per heavy atom. The molecule has 0 N–H and O–H groups in total. The van der Waals surface area contributed by atoms with Crippen LogP contribution in [0.1, 0.15) is 34.7 Å². The van der Waals surface area contributed by atoms with Crippen molar-refractivity contribution in [1.29, 1.82) is 0 Å². The number of hydrogen-bond acceptors (Lipinski definition) is 2. The van der Waals surface area contributed by atoms with Crippen LogP contribution in [0.25, 0.3) is 0 Å². The lowest BCUT2D eigenvalue weighted by atomic mass is 10.1. The standard InChI is InChI=1S/C16H15BrFNO2/c1-10-5-8-12(21-10)9-19(11-6-7-11)16(20)15-13(17)3-2-4-14(15)18/h2-5,8,11H,6-7,9H2,1H3. The molecule has 1 fully saturated rings. The molecular formula is C16H15BrFNO2. The second-order valence-corrected chi connectivity index (χ2v) is 6.13. The fourth-order valence-corrected chi connectivity index (χ4v) is 2.85. The number of hydrogen-bond donors (Lipinski definition) is 0. The Kier molecular flexibility index (Phi) is 3.85. The third kappa shape index (κ3) is 3.02. The Balaban J connectivity index is 1.89. The number of carbonyl (C=O) groups is 1. The first-order chi connectivity index (χ1) is 10.1. The van der Waals surface area contributed by atoms with Gasteiger partial charge in [0.05, 0.1) is 12.1 Å². The number of furan rings is 1. The highest BCUT2D eigenvalue weighted by Crippen LogP contribution is 2.32. The lowest BCUT2D eigenvalue weighted by Gasteiger charge is -2.22. The lowest BCUT2D eigenvalue weighted by molar-refractivity contribution is 0.0711. The molecule has 1 aliphatic rings. The first kappa shape index (κ1) is 14.3. The van der Waals surface area contributed by atoms with E-state index in [2.05, 4.69) is 15.9 Å². The maximum absolute atomic E-state index is 14.0. The van der Waals surface area contributed by atoms with Gasteiger partial charge >= 0.3 is 0 Å². The number of benzene rings is 1. The molecule has 0 saturated heterocycles. The van der Waals surface area contributed by atoms with Crippen molar-refractivity contribution in [3.8, 4) is 0 Å². The Labute approximate surface area is 130 Å². The Bertz CT molecular complexity index is 658. The summed E-state index contributed by atoms with van der Waals surface area (Å²) in [6.07, 6.45) is 1.91. The number of rotatable bonds is 4. The van der Waals surface area contributed by atoms with Crippen LogP contribution in [0.5, 0.6) is 0 Å². The lowest BCUT2D eigenvalue weighted by Crippen LogP contribution is -2.33. The monoisotopic (exact) mass is 351 g/mol. The van der Waals surface area contributed by atoms with E-state index in [4.69, 9.17) is 4.42 Å². The van der Waals surface area contributed by atoms with Gasteiger partial charge in [0.15, 0.2) is 0 Å². The summed E-state index contributed by atoms with van der Waals surface area (Å²) >= 11 is 3.26. The molecule has 3 nitrogen and oxygen atoms in total. The molecule has 1 aliphatic carbocycles. The van der Waals surface area contributed by atoms with Crippen molar-refractivity contribution in [3.05, 3.63) is 57.7 Å². The van der Waals surface area contributed by atoms with Crippen molar-refractivity contribution >= 4 is 21.8 Å². The molecule has 1 aromatic carbocycles. The third-order valence-electron chi connectivity index (χ3n) is 3.55. The van der Waals surface area contributed by atoms with E-state index in [9.17, 15) is 9.18 Å². The van der Waals surface area contributed by atoms with Crippen molar-refractivity contribution < 1.29 is 13.6 Å². The minimum Gasteiger partial charge on any atom is -0.464 e. The van der Waals surface area contributed by atoms with E-state index in [1.54, 1.807) is 17.0 Å². The molecule has 1 heterocycles. The molecule has 0 bridgehead atoms. The summed E-state index contributed by atoms with van der Waals surface area (Å²) in [5.41, 5.74) is 0.0904. The van der Waals surface area contributed by atoms with Crippen LogP contribution in [0.2, 0.25) is 0 Å². The summed E-state index contributed by atoms with van der Waals surface area (Å²) < 4.78 is 20.0. The highest BCUT2D eigenvalue weighted by molar-refractivity contribution is 9.10. The Morgan fingerprint density at radius 2 is 2.14 bits per heavy atom. The molecule has 0 radical (unpaired) electrons. The van der Waals surface area contributed by atoms with Gasteiger partial charge in [-0.05, 0) is 60.0 Å². The predicted octanol–water partition coefficient (Wildman–Crippen LogP) is 4.29. The molecule has 0 atom stereocenters. The van der Waals surface area contributed by atoms with E-state index < -0.39 is 5.82 Å². The molecule has 0 spiro atoms. The SMILES string of the molecule is Cc1ccc(CN(C(=O)c2c(F)cccc2Br)C2CC2)o1. The summed E-state index contributed by atoms with van der Waals surface area (Å²) in [6, 6.07) is 8.46. The minimum absolute atomic E-state index is 0.0904. The first-order valence-corrected chi connectivity index (χ1v) is 7.66. The van der Waals surface area contributed by atoms with Gasteiger partial charge in [-0.25, -0.2) is 4.39 Å². The van der Waals surface area contributed by atoms with Crippen molar-refractivity contribution in [2.45, 2.75) is 32.4 Å². The average Bonchev–Trinajstić information content (AvgIpc) is 3.19. The Morgan fingerprint density at radius 1 is 1.38 bits per heavy atom. The van der Waals surface area contributed by atoms with E-state index >= 15 is 0 Å². The maximum atomic E-state index is 14.0. The van der Waals surface area contributed by atoms with Gasteiger partial charge in [0.2, 0.25) is 0 Å². The molecule has 0 unspecified atom stereocenters. The van der Waals surface area contributed by atoms with Gasteiger partial charge in [0.1, 0.15) is 17.3 Å². The summed E-state index contributed by atoms with van der Waals surface area (Å²) in [4.78, 5) is 14.4. The van der Waals surface area contributed by atoms with Crippen molar-refractivity contribution in [3.63, 3.8) is 0 Å². The summed E-state index contributed by atoms with van der Waals surface area (Å²) in [7, 11) is 0. The van der Waals surface area contributed by atoms with Crippen LogP contribution in [0.4, 0.5) is 4.39 Å². The van der Waals surface area contributed by atoms with Gasteiger partial charge in [0, 0.05) is 10.5 Å². The van der Waals surface area contributed by atoms with Gasteiger partial charge in [-0.1, -0.05) is 6.07 Å². The number of nitrogens with zero attached hydrogens (tertiary/aromatic N) is 1. The van der Waals surface area contributed by atoms with Gasteiger partial charge < -0.3 is 9.32 Å². The van der Waals surface area contributed by atoms with E-state index in [0.29, 0.717) is 11.0 Å². The highest BCUT2D eigenvalue weighted by Gasteiger charge is 2.35. The predicted molar refractivity (Wildman–Crippen MR) is 80.4 cm³/mol. The van der Waals surface area contributed by atoms with Crippen LogP contribution in [-0.2, 0) is 6.54 Å². The van der Waals surface area contributed by atoms with E-state index in [-0.39, 0.29) is 17.5 Å². The van der Waals surface area contributed by atoms with Crippen molar-refractivity contribution in [2.75, 3.05) is 0 Å². The van der Waals surface area contributed by atoms with Crippen LogP contribution in [0.15, 0.2) is 39.2 Å². The quantitative estimate of drug-likeness (QED) is 0.822. The average molecular weight is 352 g/mol. The molecule has 2 aromatic rings. The third-order valence-corrected chi connectivity index (χ3v) is 4.21. The summed E-state index contributed by atoms with van der Waals surface area (Å²) in [6.45, 7) is 2.23. The summed E-state index contributed by atoms with van der Waals surface area (Å²) in [5, 5.41) is 0. The number of carbonyl (C=O) groups excluding carboxylic acids is 1. The smallest absolute Gasteiger partial charge is 0.258 e. The van der Waals surface area contributed by atoms with Gasteiger partial charge in [-0.2, -0.15) is 0 Å². The summed E-state index contributed by atoms with van der Waals surface area (Å²) in [5.74, 6) is 0.729. The molecule has 21 heavy (non-hydrogen) atoms. The fourth-order valence-electron chi connectivity index (χ4n) is 2.34. The molecule has 5 heteroatoms. The molecule has 110 valence electrons. The normalized spacial score (nSPS) is 14.2. The zero-order chi connectivity index (χ0) is 15.0. The second kappa shape index (κ2) is 5.64. The highest BCUT2D eigenvalue weighted by atomic mass is 79.9. The van der Waals surface area contributed by atoms with E-state index in [1.165, 1.54) is 6.07 Å². The van der Waals surface area contributed by atoms with E-state index in [1.807, 2.05) is 19.1 Å². The topological polar surface area (TPSA) is 33.5 Å². The molecule has 1 aromatic heterocycles. The maximum Gasteiger partial charge on any atom is 0.258 e. The minimum atomic E-state index is -0.504. The molecular weight excluding hydrogens is 337 g/mol. The van der Waals surface area contributed by atoms with Crippen molar-refractivity contribution in [2.24, 2.45) is 0 Å². The van der Waals surface area contributed by atoms with Crippen LogP contribution in [0.3, 0.4) is 0 Å². The molecule has 1 amide bonds. The number of amides is 1. The van der Waals surface area contributed by atoms with E-state index in [0.717, 1.165) is 24.4 Å². The molecule has 3 rings (SSSR count). The first-order valence-electron chi connectivity index (χ1n) is 6.86. The van der Waals surface area contributed by atoms with Crippen LogP contribution in [0, 0.1) is 12.7 Å². The van der Waals surface area contributed by atoms with Crippen molar-refractivity contribution in [1.82, 2.24) is 4.90 Å². The van der Waals surface area contributed by atoms with Gasteiger partial charge in [-0.15, -0.1) is 0 Å². The van der Waals surface area contributed by atoms with Gasteiger partial charge in [-0.3, -0.25) is 4.79 Å². The van der Waals surface area contributed by atoms with Crippen LogP contribution in [-0.4, -0.2) is 16.8 Å². The van der Waals surface area contributed by atoms with Gasteiger partial charge in [0.25, 0.3) is 5.91 Å². The zero-order valence-electron chi connectivity index (χ0n) is 11.6. The molecule has 1 saturated carbocycles. The number of aryl methyl sites for hydroxylation is 1. The van der Waals surface area contributed by atoms with Crippen LogP contribution < -0.4 is 0 Å². The second-order valence-electron chi connectivity index (χ2n) is 5.27. The largest absolute Gasteiger partial charge is 0.464 e. The molecule has 0 aliphatic heterocycles. The fraction of sp³-hybridized carbons (Fsp3) is 0.312.